The zero-order valence-corrected chi connectivity index (χ0v) is 12.6. The summed E-state index contributed by atoms with van der Waals surface area (Å²) in [5, 5.41) is 6.66. The number of amides is 1. The Balaban J connectivity index is 1.49. The Bertz CT molecular complexity index is 780. The van der Waals surface area contributed by atoms with Crippen molar-refractivity contribution < 1.29 is 9.32 Å². The van der Waals surface area contributed by atoms with E-state index in [1.165, 1.54) is 0 Å². The number of aryl methyl sites for hydroxylation is 2. The number of hydrogen-bond donors (Lipinski definition) is 1. The van der Waals surface area contributed by atoms with E-state index in [0.717, 1.165) is 5.56 Å². The van der Waals surface area contributed by atoms with Crippen molar-refractivity contribution in [1.29, 1.82) is 0 Å². The molecular weight excluding hydrogens is 296 g/mol. The molecule has 0 aromatic carbocycles. The van der Waals surface area contributed by atoms with Crippen LogP contribution in [0.4, 0.5) is 5.95 Å². The fourth-order valence-electron chi connectivity index (χ4n) is 2.04. The minimum atomic E-state index is -0.0914. The molecule has 118 valence electrons. The van der Waals surface area contributed by atoms with Gasteiger partial charge in [-0.25, -0.2) is 4.98 Å². The van der Waals surface area contributed by atoms with Gasteiger partial charge in [0.25, 0.3) is 0 Å². The summed E-state index contributed by atoms with van der Waals surface area (Å²) in [5.74, 6) is 1.46. The van der Waals surface area contributed by atoms with Crippen LogP contribution in [0.1, 0.15) is 18.7 Å². The molecule has 8 nitrogen and oxygen atoms in total. The van der Waals surface area contributed by atoms with Gasteiger partial charge in [0.1, 0.15) is 0 Å². The SMILES string of the molecule is Cn1ccnc1NC(=O)CCCc1nc(-c2cccnc2)no1. The molecule has 8 heteroatoms. The molecule has 1 amide bonds. The highest BCUT2D eigenvalue weighted by Gasteiger charge is 2.10. The average Bonchev–Trinajstić information content (AvgIpc) is 3.18. The molecule has 0 unspecified atom stereocenters. The fourth-order valence-corrected chi connectivity index (χ4v) is 2.04. The predicted octanol–water partition coefficient (Wildman–Crippen LogP) is 1.83. The Morgan fingerprint density at radius 3 is 3.04 bits per heavy atom. The summed E-state index contributed by atoms with van der Waals surface area (Å²) in [4.78, 5) is 24.2. The van der Waals surface area contributed by atoms with E-state index in [-0.39, 0.29) is 5.91 Å². The normalized spacial score (nSPS) is 10.7. The minimum Gasteiger partial charge on any atom is -0.339 e. The molecule has 3 aromatic rings. The molecule has 0 fully saturated rings. The van der Waals surface area contributed by atoms with Crippen molar-refractivity contribution in [2.24, 2.45) is 7.05 Å². The summed E-state index contributed by atoms with van der Waals surface area (Å²) >= 11 is 0. The molecule has 3 aromatic heterocycles. The van der Waals surface area contributed by atoms with Gasteiger partial charge < -0.3 is 9.09 Å². The van der Waals surface area contributed by atoms with E-state index in [1.54, 1.807) is 29.4 Å². The number of pyridine rings is 1. The average molecular weight is 312 g/mol. The number of carbonyl (C=O) groups excluding carboxylic acids is 1. The molecular formula is C15H16N6O2. The van der Waals surface area contributed by atoms with E-state index < -0.39 is 0 Å². The van der Waals surface area contributed by atoms with Gasteiger partial charge >= 0.3 is 0 Å². The number of imidazole rings is 1. The molecule has 23 heavy (non-hydrogen) atoms. The fraction of sp³-hybridized carbons (Fsp3) is 0.267. The third-order valence-electron chi connectivity index (χ3n) is 3.25. The van der Waals surface area contributed by atoms with Crippen LogP contribution in [-0.4, -0.2) is 30.6 Å². The van der Waals surface area contributed by atoms with Crippen molar-refractivity contribution in [1.82, 2.24) is 24.7 Å². The second-order valence-corrected chi connectivity index (χ2v) is 5.02. The Kier molecular flexibility index (Phi) is 4.41. The first kappa shape index (κ1) is 14.9. The molecule has 0 saturated carbocycles. The predicted molar refractivity (Wildman–Crippen MR) is 82.3 cm³/mol. The quantitative estimate of drug-likeness (QED) is 0.745. The van der Waals surface area contributed by atoms with Crippen LogP contribution in [0.3, 0.4) is 0 Å². The van der Waals surface area contributed by atoms with Crippen LogP contribution in [0.5, 0.6) is 0 Å². The topological polar surface area (TPSA) is 98.7 Å². The molecule has 3 rings (SSSR count). The Morgan fingerprint density at radius 2 is 2.30 bits per heavy atom. The first-order valence-electron chi connectivity index (χ1n) is 7.22. The lowest BCUT2D eigenvalue weighted by atomic mass is 10.2. The molecule has 0 radical (unpaired) electrons. The number of nitrogens with zero attached hydrogens (tertiary/aromatic N) is 5. The lowest BCUT2D eigenvalue weighted by molar-refractivity contribution is -0.116. The maximum atomic E-state index is 11.8. The second kappa shape index (κ2) is 6.82. The van der Waals surface area contributed by atoms with Crippen molar-refractivity contribution in [2.45, 2.75) is 19.3 Å². The van der Waals surface area contributed by atoms with Crippen molar-refractivity contribution in [3.8, 4) is 11.4 Å². The second-order valence-electron chi connectivity index (χ2n) is 5.02. The van der Waals surface area contributed by atoms with Crippen LogP contribution in [0, 0.1) is 0 Å². The number of aromatic nitrogens is 5. The molecule has 0 aliphatic rings. The van der Waals surface area contributed by atoms with Gasteiger partial charge in [0.15, 0.2) is 0 Å². The molecule has 0 aliphatic heterocycles. The molecule has 0 bridgehead atoms. The zero-order valence-electron chi connectivity index (χ0n) is 12.6. The molecule has 0 spiro atoms. The van der Waals surface area contributed by atoms with Crippen LogP contribution in [0.2, 0.25) is 0 Å². The largest absolute Gasteiger partial charge is 0.339 e. The van der Waals surface area contributed by atoms with Gasteiger partial charge in [0.2, 0.25) is 23.6 Å². The zero-order chi connectivity index (χ0) is 16.1. The standard InChI is InChI=1S/C15H16N6O2/c1-21-9-8-17-15(21)18-12(22)5-2-6-13-19-14(20-23-13)11-4-3-7-16-10-11/h3-4,7-10H,2,5-6H2,1H3,(H,17,18,22). The molecule has 0 saturated heterocycles. The summed E-state index contributed by atoms with van der Waals surface area (Å²) in [5.41, 5.74) is 0.801. The first-order valence-corrected chi connectivity index (χ1v) is 7.22. The number of hydrogen-bond acceptors (Lipinski definition) is 6. The van der Waals surface area contributed by atoms with E-state index >= 15 is 0 Å². The van der Waals surface area contributed by atoms with E-state index in [0.29, 0.717) is 36.9 Å². The lowest BCUT2D eigenvalue weighted by Gasteiger charge is -2.03. The molecule has 3 heterocycles. The summed E-state index contributed by atoms with van der Waals surface area (Å²) in [7, 11) is 1.82. The highest BCUT2D eigenvalue weighted by atomic mass is 16.5. The Labute approximate surface area is 132 Å². The number of anilines is 1. The van der Waals surface area contributed by atoms with Crippen molar-refractivity contribution in [3.05, 3.63) is 42.8 Å². The van der Waals surface area contributed by atoms with Crippen LogP contribution in [0.15, 0.2) is 41.4 Å². The van der Waals surface area contributed by atoms with Crippen molar-refractivity contribution >= 4 is 11.9 Å². The monoisotopic (exact) mass is 312 g/mol. The summed E-state index contributed by atoms with van der Waals surface area (Å²) in [6, 6.07) is 3.68. The highest BCUT2D eigenvalue weighted by molar-refractivity contribution is 5.88. The van der Waals surface area contributed by atoms with Gasteiger partial charge in [-0.1, -0.05) is 5.16 Å². The van der Waals surface area contributed by atoms with Crippen molar-refractivity contribution in [2.75, 3.05) is 5.32 Å². The van der Waals surface area contributed by atoms with Gasteiger partial charge in [0.05, 0.1) is 0 Å². The third kappa shape index (κ3) is 3.79. The van der Waals surface area contributed by atoms with Crippen molar-refractivity contribution in [3.63, 3.8) is 0 Å². The van der Waals surface area contributed by atoms with Crippen LogP contribution in [0.25, 0.3) is 11.4 Å². The molecule has 1 N–H and O–H groups in total. The van der Waals surface area contributed by atoms with Gasteiger partial charge in [0, 0.05) is 50.2 Å². The highest BCUT2D eigenvalue weighted by Crippen LogP contribution is 2.14. The summed E-state index contributed by atoms with van der Waals surface area (Å²) in [6.07, 6.45) is 8.28. The van der Waals surface area contributed by atoms with Gasteiger partial charge in [-0.3, -0.25) is 15.1 Å². The number of nitrogens with one attached hydrogen (secondary N) is 1. The number of carbonyl (C=O) groups is 1. The minimum absolute atomic E-state index is 0.0914. The molecule has 0 atom stereocenters. The van der Waals surface area contributed by atoms with E-state index in [9.17, 15) is 4.79 Å². The molecule has 0 aliphatic carbocycles. The van der Waals surface area contributed by atoms with E-state index in [4.69, 9.17) is 4.52 Å². The van der Waals surface area contributed by atoms with Gasteiger partial charge in [-0.2, -0.15) is 4.98 Å². The maximum absolute atomic E-state index is 11.8. The first-order chi connectivity index (χ1) is 11.2. The summed E-state index contributed by atoms with van der Waals surface area (Å²) < 4.78 is 6.93. The number of rotatable bonds is 6. The van der Waals surface area contributed by atoms with Crippen LogP contribution in [-0.2, 0) is 18.3 Å². The smallest absolute Gasteiger partial charge is 0.226 e. The van der Waals surface area contributed by atoms with Crippen LogP contribution >= 0.6 is 0 Å². The van der Waals surface area contributed by atoms with Gasteiger partial charge in [-0.05, 0) is 18.6 Å². The van der Waals surface area contributed by atoms with E-state index in [2.05, 4.69) is 25.4 Å². The van der Waals surface area contributed by atoms with Crippen LogP contribution < -0.4 is 5.32 Å². The van der Waals surface area contributed by atoms with Gasteiger partial charge in [-0.15, -0.1) is 0 Å². The lowest BCUT2D eigenvalue weighted by Crippen LogP contribution is -2.14. The van der Waals surface area contributed by atoms with E-state index in [1.807, 2.05) is 19.2 Å². The maximum Gasteiger partial charge on any atom is 0.226 e. The third-order valence-corrected chi connectivity index (χ3v) is 3.25. The Morgan fingerprint density at radius 1 is 1.39 bits per heavy atom. The Hall–Kier alpha value is -3.03. The summed E-state index contributed by atoms with van der Waals surface area (Å²) in [6.45, 7) is 0.